The van der Waals surface area contributed by atoms with Gasteiger partial charge in [0.25, 0.3) is 0 Å². The van der Waals surface area contributed by atoms with E-state index in [9.17, 15) is 0 Å². The van der Waals surface area contributed by atoms with E-state index in [1.54, 1.807) is 7.11 Å². The molecular formula is C15H16BNO2. The largest absolute Gasteiger partial charge is 0.542 e. The van der Waals surface area contributed by atoms with Crippen molar-refractivity contribution < 1.29 is 9.39 Å². The van der Waals surface area contributed by atoms with Crippen LogP contribution in [0.3, 0.4) is 0 Å². The number of methoxy groups -OCH3 is 1. The van der Waals surface area contributed by atoms with Gasteiger partial charge in [-0.15, -0.1) is 0 Å². The monoisotopic (exact) mass is 253 g/mol. The smallest absolute Gasteiger partial charge is 0.483 e. The van der Waals surface area contributed by atoms with Crippen LogP contribution in [0.2, 0.25) is 0 Å². The Morgan fingerprint density at radius 1 is 1.11 bits per heavy atom. The summed E-state index contributed by atoms with van der Waals surface area (Å²) in [6.45, 7) is 2.15. The molecule has 0 radical (unpaired) electrons. The first-order valence-electron chi connectivity index (χ1n) is 6.43. The Morgan fingerprint density at radius 2 is 1.84 bits per heavy atom. The fraction of sp³-hybridized carbons (Fsp3) is 0.200. The number of nitrogens with one attached hydrogen (secondary N) is 1. The summed E-state index contributed by atoms with van der Waals surface area (Å²) >= 11 is 0. The third kappa shape index (κ3) is 2.31. The van der Waals surface area contributed by atoms with Gasteiger partial charge in [-0.05, 0) is 30.6 Å². The summed E-state index contributed by atoms with van der Waals surface area (Å²) in [6, 6.07) is 16.4. The average Bonchev–Trinajstić information content (AvgIpc) is 2.47. The third-order valence-corrected chi connectivity index (χ3v) is 3.45. The van der Waals surface area contributed by atoms with Gasteiger partial charge >= 0.3 is 7.05 Å². The van der Waals surface area contributed by atoms with Crippen LogP contribution in [0.4, 0.5) is 0 Å². The topological polar surface area (TPSA) is 30.5 Å². The second-order valence-corrected chi connectivity index (χ2v) is 4.70. The van der Waals surface area contributed by atoms with Gasteiger partial charge in [0.1, 0.15) is 11.5 Å². The van der Waals surface area contributed by atoms with Crippen molar-refractivity contribution in [1.82, 2.24) is 5.23 Å². The SMILES string of the molecule is COc1ccc(B2NC(C)c3ccccc3O2)cc1. The Morgan fingerprint density at radius 3 is 2.58 bits per heavy atom. The van der Waals surface area contributed by atoms with E-state index in [-0.39, 0.29) is 13.1 Å². The number of hydrogen-bond acceptors (Lipinski definition) is 3. The fourth-order valence-electron chi connectivity index (χ4n) is 2.37. The second-order valence-electron chi connectivity index (χ2n) is 4.70. The van der Waals surface area contributed by atoms with Gasteiger partial charge < -0.3 is 14.6 Å². The second kappa shape index (κ2) is 4.98. The molecule has 1 heterocycles. The third-order valence-electron chi connectivity index (χ3n) is 3.45. The van der Waals surface area contributed by atoms with Gasteiger partial charge in [-0.2, -0.15) is 0 Å². The normalized spacial score (nSPS) is 17.6. The van der Waals surface area contributed by atoms with Crippen LogP contribution in [0.5, 0.6) is 11.5 Å². The van der Waals surface area contributed by atoms with Crippen molar-refractivity contribution in [1.29, 1.82) is 0 Å². The molecule has 1 atom stereocenters. The number of ether oxygens (including phenoxy) is 1. The summed E-state index contributed by atoms with van der Waals surface area (Å²) in [7, 11) is 1.55. The zero-order valence-electron chi connectivity index (χ0n) is 11.1. The summed E-state index contributed by atoms with van der Waals surface area (Å²) in [5, 5.41) is 3.46. The number of para-hydroxylation sites is 1. The lowest BCUT2D eigenvalue weighted by atomic mass is 9.71. The maximum Gasteiger partial charge on any atom is 0.483 e. The van der Waals surface area contributed by atoms with E-state index in [2.05, 4.69) is 18.2 Å². The highest BCUT2D eigenvalue weighted by molar-refractivity contribution is 6.66. The van der Waals surface area contributed by atoms with E-state index in [1.807, 2.05) is 42.5 Å². The Balaban J connectivity index is 1.87. The molecule has 3 rings (SSSR count). The molecule has 19 heavy (non-hydrogen) atoms. The van der Waals surface area contributed by atoms with Crippen LogP contribution in [-0.4, -0.2) is 14.2 Å². The summed E-state index contributed by atoms with van der Waals surface area (Å²) in [5.74, 6) is 1.81. The molecule has 0 fully saturated rings. The minimum absolute atomic E-state index is 0.115. The molecule has 3 nitrogen and oxygen atoms in total. The zero-order valence-corrected chi connectivity index (χ0v) is 11.1. The molecule has 0 spiro atoms. The van der Waals surface area contributed by atoms with Crippen LogP contribution in [0.15, 0.2) is 48.5 Å². The first kappa shape index (κ1) is 12.1. The molecule has 1 aliphatic heterocycles. The average molecular weight is 253 g/mol. The Kier molecular flexibility index (Phi) is 3.17. The van der Waals surface area contributed by atoms with E-state index in [0.717, 1.165) is 17.0 Å². The first-order chi connectivity index (χ1) is 9.28. The van der Waals surface area contributed by atoms with Crippen molar-refractivity contribution in [2.75, 3.05) is 7.11 Å². The van der Waals surface area contributed by atoms with E-state index in [0.29, 0.717) is 0 Å². The molecule has 1 N–H and O–H groups in total. The molecule has 0 saturated carbocycles. The van der Waals surface area contributed by atoms with Crippen molar-refractivity contribution in [2.45, 2.75) is 13.0 Å². The molecule has 1 aliphatic rings. The molecule has 2 aromatic carbocycles. The maximum atomic E-state index is 6.01. The van der Waals surface area contributed by atoms with E-state index in [4.69, 9.17) is 9.39 Å². The number of rotatable bonds is 2. The molecule has 1 unspecified atom stereocenters. The predicted octanol–water partition coefficient (Wildman–Crippen LogP) is 2.13. The molecule has 0 bridgehead atoms. The molecule has 96 valence electrons. The van der Waals surface area contributed by atoms with Gasteiger partial charge in [0, 0.05) is 11.6 Å². The standard InChI is InChI=1S/C15H16BNO2/c1-11-14-5-3-4-6-15(14)19-16(17-11)12-7-9-13(18-2)10-8-12/h3-11,17H,1-2H3. The number of fused-ring (bicyclic) bond motifs is 1. The van der Waals surface area contributed by atoms with E-state index in [1.165, 1.54) is 5.56 Å². The Labute approximate surface area is 113 Å². The lowest BCUT2D eigenvalue weighted by Gasteiger charge is -2.29. The molecule has 0 aliphatic carbocycles. The van der Waals surface area contributed by atoms with Crippen molar-refractivity contribution in [3.63, 3.8) is 0 Å². The van der Waals surface area contributed by atoms with Crippen LogP contribution in [0.25, 0.3) is 0 Å². The molecular weight excluding hydrogens is 237 g/mol. The molecule has 0 amide bonds. The zero-order chi connectivity index (χ0) is 13.2. The highest BCUT2D eigenvalue weighted by atomic mass is 16.5. The highest BCUT2D eigenvalue weighted by Gasteiger charge is 2.30. The maximum absolute atomic E-state index is 6.01. The number of hydrogen-bond donors (Lipinski definition) is 1. The minimum Gasteiger partial charge on any atom is -0.542 e. The van der Waals surface area contributed by atoms with Gasteiger partial charge in [0.15, 0.2) is 0 Å². The summed E-state index contributed by atoms with van der Waals surface area (Å²) < 4.78 is 11.2. The van der Waals surface area contributed by atoms with Gasteiger partial charge in [0.2, 0.25) is 0 Å². The Bertz CT molecular complexity index is 571. The van der Waals surface area contributed by atoms with Crippen molar-refractivity contribution in [2.24, 2.45) is 0 Å². The van der Waals surface area contributed by atoms with Crippen molar-refractivity contribution >= 4 is 12.5 Å². The van der Waals surface area contributed by atoms with Gasteiger partial charge in [-0.25, -0.2) is 0 Å². The van der Waals surface area contributed by atoms with Gasteiger partial charge in [-0.1, -0.05) is 30.3 Å². The van der Waals surface area contributed by atoms with Crippen LogP contribution in [0.1, 0.15) is 18.5 Å². The summed E-state index contributed by atoms with van der Waals surface area (Å²) in [5.41, 5.74) is 2.30. The van der Waals surface area contributed by atoms with Crippen LogP contribution in [0, 0.1) is 0 Å². The fourth-order valence-corrected chi connectivity index (χ4v) is 2.37. The summed E-state index contributed by atoms with van der Waals surface area (Å²) in [4.78, 5) is 0. The van der Waals surface area contributed by atoms with Gasteiger partial charge in [0.05, 0.1) is 7.11 Å². The lowest BCUT2D eigenvalue weighted by Crippen LogP contribution is -2.53. The predicted molar refractivity (Wildman–Crippen MR) is 77.0 cm³/mol. The van der Waals surface area contributed by atoms with Crippen LogP contribution in [-0.2, 0) is 0 Å². The minimum atomic E-state index is -0.115. The highest BCUT2D eigenvalue weighted by Crippen LogP contribution is 2.28. The van der Waals surface area contributed by atoms with Gasteiger partial charge in [-0.3, -0.25) is 0 Å². The van der Waals surface area contributed by atoms with Crippen LogP contribution >= 0.6 is 0 Å². The summed E-state index contributed by atoms with van der Waals surface area (Å²) in [6.07, 6.45) is 0. The lowest BCUT2D eigenvalue weighted by molar-refractivity contribution is 0.415. The van der Waals surface area contributed by atoms with Crippen LogP contribution < -0.4 is 20.1 Å². The first-order valence-corrected chi connectivity index (χ1v) is 6.43. The molecule has 0 saturated heterocycles. The van der Waals surface area contributed by atoms with Crippen molar-refractivity contribution in [3.8, 4) is 11.5 Å². The molecule has 2 aromatic rings. The molecule has 4 heteroatoms. The van der Waals surface area contributed by atoms with E-state index >= 15 is 0 Å². The number of benzene rings is 2. The van der Waals surface area contributed by atoms with Crippen molar-refractivity contribution in [3.05, 3.63) is 54.1 Å². The van der Waals surface area contributed by atoms with E-state index < -0.39 is 0 Å². The molecule has 0 aromatic heterocycles. The Hall–Kier alpha value is -1.94. The quantitative estimate of drug-likeness (QED) is 0.832.